The second kappa shape index (κ2) is 9.63. The number of thiophene rings is 1. The SMILES string of the molecule is COC(=O)c1c(NC(=O)CCSc2nc(C)cc(C)c2C#N)sc2c1CCC(C)C2. The zero-order chi connectivity index (χ0) is 21.8. The topological polar surface area (TPSA) is 92.1 Å². The minimum absolute atomic E-state index is 0.165. The Balaban J connectivity index is 1.69. The van der Waals surface area contributed by atoms with Crippen molar-refractivity contribution in [3.8, 4) is 6.07 Å². The van der Waals surface area contributed by atoms with Gasteiger partial charge in [0.05, 0.1) is 18.2 Å². The molecule has 30 heavy (non-hydrogen) atoms. The number of rotatable bonds is 6. The van der Waals surface area contributed by atoms with Gasteiger partial charge in [-0.15, -0.1) is 23.1 Å². The molecule has 0 spiro atoms. The van der Waals surface area contributed by atoms with Crippen LogP contribution in [0.4, 0.5) is 5.00 Å². The molecule has 0 radical (unpaired) electrons. The zero-order valence-electron chi connectivity index (χ0n) is 17.6. The monoisotopic (exact) mass is 443 g/mol. The third-order valence-corrected chi connectivity index (χ3v) is 7.29. The van der Waals surface area contributed by atoms with Crippen LogP contribution in [0, 0.1) is 31.1 Å². The van der Waals surface area contributed by atoms with Gasteiger partial charge in [-0.2, -0.15) is 5.26 Å². The van der Waals surface area contributed by atoms with E-state index in [1.165, 1.54) is 30.2 Å². The van der Waals surface area contributed by atoms with E-state index in [0.717, 1.165) is 41.0 Å². The van der Waals surface area contributed by atoms with Crippen LogP contribution in [0.5, 0.6) is 0 Å². The van der Waals surface area contributed by atoms with Gasteiger partial charge in [0.1, 0.15) is 16.1 Å². The summed E-state index contributed by atoms with van der Waals surface area (Å²) in [7, 11) is 1.36. The third-order valence-electron chi connectivity index (χ3n) is 5.15. The number of anilines is 1. The number of amides is 1. The standard InChI is InChI=1S/C22H25N3O3S2/c1-12-5-6-15-17(9-12)30-21(19(15)22(27)28-4)25-18(26)7-8-29-20-16(11-23)13(2)10-14(3)24-20/h10,12H,5-9H2,1-4H3,(H,25,26). The Labute approximate surface area is 185 Å². The second-order valence-corrected chi connectivity index (χ2v) is 9.76. The van der Waals surface area contributed by atoms with Crippen molar-refractivity contribution in [1.29, 1.82) is 5.26 Å². The number of ether oxygens (including phenoxy) is 1. The first-order valence-electron chi connectivity index (χ1n) is 9.87. The van der Waals surface area contributed by atoms with Crippen LogP contribution >= 0.6 is 23.1 Å². The van der Waals surface area contributed by atoms with Gasteiger partial charge < -0.3 is 10.1 Å². The van der Waals surface area contributed by atoms with Crippen LogP contribution < -0.4 is 5.32 Å². The molecule has 0 aromatic carbocycles. The van der Waals surface area contributed by atoms with Crippen LogP contribution in [-0.4, -0.2) is 29.7 Å². The van der Waals surface area contributed by atoms with Gasteiger partial charge in [-0.1, -0.05) is 6.92 Å². The number of hydrogen-bond acceptors (Lipinski definition) is 7. The summed E-state index contributed by atoms with van der Waals surface area (Å²) in [5.41, 5.74) is 3.82. The molecule has 6 nitrogen and oxygen atoms in total. The number of thioether (sulfide) groups is 1. The van der Waals surface area contributed by atoms with Gasteiger partial charge in [0.15, 0.2) is 0 Å². The van der Waals surface area contributed by atoms with Crippen molar-refractivity contribution in [2.24, 2.45) is 5.92 Å². The molecule has 158 valence electrons. The lowest BCUT2D eigenvalue weighted by Crippen LogP contribution is -2.16. The minimum Gasteiger partial charge on any atom is -0.465 e. The number of methoxy groups -OCH3 is 1. The summed E-state index contributed by atoms with van der Waals surface area (Å²) in [5.74, 6) is 0.500. The average Bonchev–Trinajstić information content (AvgIpc) is 3.03. The predicted octanol–water partition coefficient (Wildman–Crippen LogP) is 4.66. The van der Waals surface area contributed by atoms with Gasteiger partial charge in [0.2, 0.25) is 5.91 Å². The Kier molecular flexibility index (Phi) is 7.16. The van der Waals surface area contributed by atoms with Crippen molar-refractivity contribution < 1.29 is 14.3 Å². The molecule has 0 bridgehead atoms. The van der Waals surface area contributed by atoms with E-state index in [1.807, 2.05) is 19.9 Å². The molecule has 1 aliphatic rings. The normalized spacial score (nSPS) is 15.2. The van der Waals surface area contributed by atoms with Crippen LogP contribution in [0.1, 0.15) is 57.4 Å². The van der Waals surface area contributed by atoms with Crippen molar-refractivity contribution in [3.63, 3.8) is 0 Å². The first-order valence-corrected chi connectivity index (χ1v) is 11.7. The van der Waals surface area contributed by atoms with Crippen LogP contribution in [0.15, 0.2) is 11.1 Å². The highest BCUT2D eigenvalue weighted by atomic mass is 32.2. The van der Waals surface area contributed by atoms with Crippen LogP contribution in [0.25, 0.3) is 0 Å². The van der Waals surface area contributed by atoms with Crippen molar-refractivity contribution >= 4 is 40.0 Å². The van der Waals surface area contributed by atoms with Gasteiger partial charge in [-0.3, -0.25) is 4.79 Å². The lowest BCUT2D eigenvalue weighted by Gasteiger charge is -2.18. The first kappa shape index (κ1) is 22.3. The van der Waals surface area contributed by atoms with Crippen molar-refractivity contribution in [2.75, 3.05) is 18.2 Å². The second-order valence-electron chi connectivity index (χ2n) is 7.57. The largest absolute Gasteiger partial charge is 0.465 e. The lowest BCUT2D eigenvalue weighted by molar-refractivity contribution is -0.115. The Morgan fingerprint density at radius 2 is 2.20 bits per heavy atom. The summed E-state index contributed by atoms with van der Waals surface area (Å²) < 4.78 is 4.97. The Morgan fingerprint density at radius 3 is 2.90 bits per heavy atom. The van der Waals surface area contributed by atoms with Crippen LogP contribution in [0.2, 0.25) is 0 Å². The molecule has 2 aromatic rings. The van der Waals surface area contributed by atoms with Crippen molar-refractivity contribution in [2.45, 2.75) is 51.5 Å². The fourth-order valence-electron chi connectivity index (χ4n) is 3.63. The molecule has 0 saturated heterocycles. The maximum atomic E-state index is 12.6. The third kappa shape index (κ3) is 4.85. The summed E-state index contributed by atoms with van der Waals surface area (Å²) in [5, 5.41) is 13.5. The van der Waals surface area contributed by atoms with E-state index in [9.17, 15) is 14.9 Å². The van der Waals surface area contributed by atoms with E-state index >= 15 is 0 Å². The van der Waals surface area contributed by atoms with Gasteiger partial charge in [0, 0.05) is 22.7 Å². The highest BCUT2D eigenvalue weighted by Gasteiger charge is 2.28. The molecule has 0 saturated carbocycles. The molecule has 1 aliphatic carbocycles. The quantitative estimate of drug-likeness (QED) is 0.515. The first-order chi connectivity index (χ1) is 14.3. The highest BCUT2D eigenvalue weighted by Crippen LogP contribution is 2.40. The molecule has 0 fully saturated rings. The van der Waals surface area contributed by atoms with Crippen molar-refractivity contribution in [1.82, 2.24) is 4.98 Å². The van der Waals surface area contributed by atoms with E-state index < -0.39 is 5.97 Å². The number of hydrogen-bond donors (Lipinski definition) is 1. The molecule has 1 amide bonds. The molecule has 2 heterocycles. The van der Waals surface area contributed by atoms with E-state index in [1.54, 1.807) is 0 Å². The number of carbonyl (C=O) groups excluding carboxylic acids is 2. The number of nitrogens with one attached hydrogen (secondary N) is 1. The Bertz CT molecular complexity index is 1020. The number of esters is 1. The number of nitrogens with zero attached hydrogens (tertiary/aromatic N) is 2. The minimum atomic E-state index is -0.398. The lowest BCUT2D eigenvalue weighted by atomic mass is 9.88. The summed E-state index contributed by atoms with van der Waals surface area (Å²) in [6, 6.07) is 4.07. The number of pyridine rings is 1. The van der Waals surface area contributed by atoms with Crippen LogP contribution in [0.3, 0.4) is 0 Å². The predicted molar refractivity (Wildman–Crippen MR) is 119 cm³/mol. The fraction of sp³-hybridized carbons (Fsp3) is 0.455. The summed E-state index contributed by atoms with van der Waals surface area (Å²) >= 11 is 2.88. The average molecular weight is 444 g/mol. The maximum absolute atomic E-state index is 12.6. The number of nitriles is 1. The van der Waals surface area contributed by atoms with Gasteiger partial charge in [0.25, 0.3) is 0 Å². The maximum Gasteiger partial charge on any atom is 0.341 e. The number of carbonyl (C=O) groups is 2. The van der Waals surface area contributed by atoms with Crippen molar-refractivity contribution in [3.05, 3.63) is 38.9 Å². The number of fused-ring (bicyclic) bond motifs is 1. The van der Waals surface area contributed by atoms with Crippen LogP contribution in [-0.2, 0) is 22.4 Å². The molecular weight excluding hydrogens is 418 g/mol. The Hall–Kier alpha value is -2.37. The summed E-state index contributed by atoms with van der Waals surface area (Å²) in [6.45, 7) is 5.98. The fourth-order valence-corrected chi connectivity index (χ4v) is 6.08. The van der Waals surface area contributed by atoms with Gasteiger partial charge in [-0.05, 0) is 56.2 Å². The molecule has 0 aliphatic heterocycles. The highest BCUT2D eigenvalue weighted by molar-refractivity contribution is 7.99. The zero-order valence-corrected chi connectivity index (χ0v) is 19.3. The molecule has 1 N–H and O–H groups in total. The molecule has 3 rings (SSSR count). The molecule has 2 aromatic heterocycles. The summed E-state index contributed by atoms with van der Waals surface area (Å²) in [6.07, 6.45) is 3.04. The van der Waals surface area contributed by atoms with Gasteiger partial charge >= 0.3 is 5.97 Å². The molecular formula is C22H25N3O3S2. The smallest absolute Gasteiger partial charge is 0.341 e. The Morgan fingerprint density at radius 1 is 1.43 bits per heavy atom. The number of aromatic nitrogens is 1. The molecule has 8 heteroatoms. The van der Waals surface area contributed by atoms with E-state index in [4.69, 9.17) is 4.74 Å². The van der Waals surface area contributed by atoms with E-state index in [0.29, 0.717) is 32.8 Å². The molecule has 1 atom stereocenters. The molecule has 1 unspecified atom stereocenters. The van der Waals surface area contributed by atoms with E-state index in [-0.39, 0.29) is 12.3 Å². The summed E-state index contributed by atoms with van der Waals surface area (Å²) in [4.78, 5) is 30.5. The van der Waals surface area contributed by atoms with E-state index in [2.05, 4.69) is 23.3 Å². The van der Waals surface area contributed by atoms with Gasteiger partial charge in [-0.25, -0.2) is 9.78 Å². The number of aryl methyl sites for hydroxylation is 2.